The normalized spacial score (nSPS) is 10.4. The number of methoxy groups -OCH3 is 1. The van der Waals surface area contributed by atoms with Gasteiger partial charge in [-0.2, -0.15) is 5.10 Å². The van der Waals surface area contributed by atoms with E-state index in [-0.39, 0.29) is 0 Å². The number of hydrazone groups is 1. The maximum Gasteiger partial charge on any atom is 0.338 e. The lowest BCUT2D eigenvalue weighted by Crippen LogP contribution is -2.06. The number of ether oxygens (including phenoxy) is 1. The summed E-state index contributed by atoms with van der Waals surface area (Å²) in [4.78, 5) is 11.3. The molecule has 0 radical (unpaired) electrons. The second kappa shape index (κ2) is 4.76. The first-order valence-electron chi connectivity index (χ1n) is 3.80. The Kier molecular flexibility index (Phi) is 3.64. The molecule has 0 saturated heterocycles. The predicted octanol–water partition coefficient (Wildman–Crippen LogP) is 1.53. The minimum Gasteiger partial charge on any atom is -0.465 e. The Morgan fingerprint density at radius 3 is 2.93 bits per heavy atom. The van der Waals surface area contributed by atoms with Gasteiger partial charge in [0.2, 0.25) is 0 Å². The quantitative estimate of drug-likeness (QED) is 0.378. The first-order valence-corrected chi connectivity index (χ1v) is 4.60. The smallest absolute Gasteiger partial charge is 0.338 e. The molecule has 5 heteroatoms. The first kappa shape index (κ1) is 10.7. The highest BCUT2D eigenvalue weighted by Gasteiger charge is 2.12. The van der Waals surface area contributed by atoms with Gasteiger partial charge in [-0.3, -0.25) is 0 Å². The van der Waals surface area contributed by atoms with E-state index in [1.54, 1.807) is 18.2 Å². The molecule has 1 aromatic rings. The van der Waals surface area contributed by atoms with Crippen molar-refractivity contribution in [1.29, 1.82) is 0 Å². The van der Waals surface area contributed by atoms with Crippen molar-refractivity contribution in [2.24, 2.45) is 10.9 Å². The van der Waals surface area contributed by atoms with E-state index in [2.05, 4.69) is 25.8 Å². The van der Waals surface area contributed by atoms with Crippen LogP contribution in [0, 0.1) is 0 Å². The summed E-state index contributed by atoms with van der Waals surface area (Å²) < 4.78 is 5.36. The molecule has 0 saturated carbocycles. The summed E-state index contributed by atoms with van der Waals surface area (Å²) in [7, 11) is 1.33. The molecule has 0 aliphatic heterocycles. The predicted molar refractivity (Wildman–Crippen MR) is 57.3 cm³/mol. The van der Waals surface area contributed by atoms with Crippen molar-refractivity contribution in [3.8, 4) is 0 Å². The number of carbonyl (C=O) groups excluding carboxylic acids is 1. The molecule has 0 aliphatic rings. The number of esters is 1. The number of hydrogen-bond donors (Lipinski definition) is 1. The molecular formula is C9H9BrN2O2. The van der Waals surface area contributed by atoms with Gasteiger partial charge in [0.15, 0.2) is 0 Å². The second-order valence-corrected chi connectivity index (χ2v) is 3.33. The molecule has 1 aromatic carbocycles. The molecule has 14 heavy (non-hydrogen) atoms. The van der Waals surface area contributed by atoms with E-state index in [9.17, 15) is 4.79 Å². The van der Waals surface area contributed by atoms with Crippen molar-refractivity contribution >= 4 is 28.1 Å². The molecule has 1 rings (SSSR count). The molecule has 0 atom stereocenters. The summed E-state index contributed by atoms with van der Waals surface area (Å²) in [5.41, 5.74) is 1.04. The lowest BCUT2D eigenvalue weighted by Gasteiger charge is -2.04. The van der Waals surface area contributed by atoms with E-state index in [1.807, 2.05) is 0 Å². The van der Waals surface area contributed by atoms with Crippen LogP contribution < -0.4 is 5.84 Å². The molecule has 0 aliphatic carbocycles. The topological polar surface area (TPSA) is 64.7 Å². The van der Waals surface area contributed by atoms with Crippen molar-refractivity contribution in [3.05, 3.63) is 33.8 Å². The summed E-state index contributed by atoms with van der Waals surface area (Å²) in [6.45, 7) is 0. The van der Waals surface area contributed by atoms with Gasteiger partial charge in [0.25, 0.3) is 0 Å². The van der Waals surface area contributed by atoms with Crippen LogP contribution in [0.5, 0.6) is 0 Å². The van der Waals surface area contributed by atoms with Crippen LogP contribution in [0.1, 0.15) is 15.9 Å². The maximum absolute atomic E-state index is 11.3. The fourth-order valence-electron chi connectivity index (χ4n) is 1.03. The van der Waals surface area contributed by atoms with Crippen LogP contribution in [-0.4, -0.2) is 19.3 Å². The van der Waals surface area contributed by atoms with Gasteiger partial charge in [-0.05, 0) is 12.1 Å². The molecule has 0 amide bonds. The zero-order chi connectivity index (χ0) is 10.6. The zero-order valence-corrected chi connectivity index (χ0v) is 9.11. The van der Waals surface area contributed by atoms with Crippen molar-refractivity contribution in [3.63, 3.8) is 0 Å². The molecule has 4 nitrogen and oxygen atoms in total. The molecule has 2 N–H and O–H groups in total. The number of carbonyl (C=O) groups is 1. The SMILES string of the molecule is COC(=O)c1cccc(Br)c1C=NN. The summed E-state index contributed by atoms with van der Waals surface area (Å²) in [5.74, 6) is 4.62. The lowest BCUT2D eigenvalue weighted by molar-refractivity contribution is 0.0600. The maximum atomic E-state index is 11.3. The third-order valence-electron chi connectivity index (χ3n) is 1.66. The van der Waals surface area contributed by atoms with Crippen LogP contribution in [0.15, 0.2) is 27.8 Å². The Labute approximate surface area is 89.9 Å². The summed E-state index contributed by atoms with van der Waals surface area (Å²) in [5, 5.41) is 3.38. The highest BCUT2D eigenvalue weighted by atomic mass is 79.9. The Hall–Kier alpha value is -1.36. The third kappa shape index (κ3) is 2.11. The van der Waals surface area contributed by atoms with Gasteiger partial charge >= 0.3 is 5.97 Å². The molecule has 74 valence electrons. The van der Waals surface area contributed by atoms with E-state index in [4.69, 9.17) is 5.84 Å². The van der Waals surface area contributed by atoms with Crippen LogP contribution in [0.2, 0.25) is 0 Å². The Morgan fingerprint density at radius 1 is 1.64 bits per heavy atom. The van der Waals surface area contributed by atoms with Gasteiger partial charge in [0.05, 0.1) is 18.9 Å². The number of nitrogens with two attached hydrogens (primary N) is 1. The van der Waals surface area contributed by atoms with Gasteiger partial charge in [0, 0.05) is 10.0 Å². The fraction of sp³-hybridized carbons (Fsp3) is 0.111. The Bertz CT molecular complexity index is 377. The number of nitrogens with zero attached hydrogens (tertiary/aromatic N) is 1. The zero-order valence-electron chi connectivity index (χ0n) is 7.53. The first-order chi connectivity index (χ1) is 6.70. The van der Waals surface area contributed by atoms with Crippen LogP contribution >= 0.6 is 15.9 Å². The largest absolute Gasteiger partial charge is 0.465 e. The van der Waals surface area contributed by atoms with Gasteiger partial charge < -0.3 is 10.6 Å². The van der Waals surface area contributed by atoms with Gasteiger partial charge in [-0.1, -0.05) is 22.0 Å². The highest BCUT2D eigenvalue weighted by Crippen LogP contribution is 2.19. The summed E-state index contributed by atoms with van der Waals surface area (Å²) in [6, 6.07) is 5.18. The molecule has 0 aromatic heterocycles. The minimum atomic E-state index is -0.416. The standard InChI is InChI=1S/C9H9BrN2O2/c1-14-9(13)6-3-2-4-8(10)7(6)5-12-11/h2-5H,11H2,1H3. The van der Waals surface area contributed by atoms with Crippen LogP contribution in [-0.2, 0) is 4.74 Å². The second-order valence-electron chi connectivity index (χ2n) is 2.47. The Balaban J connectivity index is 3.27. The van der Waals surface area contributed by atoms with Crippen LogP contribution in [0.3, 0.4) is 0 Å². The molecular weight excluding hydrogens is 248 g/mol. The summed E-state index contributed by atoms with van der Waals surface area (Å²) >= 11 is 3.29. The molecule has 0 fully saturated rings. The lowest BCUT2D eigenvalue weighted by atomic mass is 10.1. The molecule has 0 heterocycles. The number of rotatable bonds is 2. The highest BCUT2D eigenvalue weighted by molar-refractivity contribution is 9.10. The van der Waals surface area contributed by atoms with E-state index in [0.29, 0.717) is 11.1 Å². The molecule has 0 spiro atoms. The van der Waals surface area contributed by atoms with Crippen LogP contribution in [0.25, 0.3) is 0 Å². The average molecular weight is 257 g/mol. The number of halogens is 1. The minimum absolute atomic E-state index is 0.416. The van der Waals surface area contributed by atoms with Crippen molar-refractivity contribution in [1.82, 2.24) is 0 Å². The van der Waals surface area contributed by atoms with Gasteiger partial charge in [-0.25, -0.2) is 4.79 Å². The average Bonchev–Trinajstić information content (AvgIpc) is 2.20. The fourth-order valence-corrected chi connectivity index (χ4v) is 1.50. The van der Waals surface area contributed by atoms with Crippen LogP contribution in [0.4, 0.5) is 0 Å². The van der Waals surface area contributed by atoms with E-state index < -0.39 is 5.97 Å². The molecule has 0 unspecified atom stereocenters. The monoisotopic (exact) mass is 256 g/mol. The third-order valence-corrected chi connectivity index (χ3v) is 2.35. The number of hydrogen-bond acceptors (Lipinski definition) is 4. The van der Waals surface area contributed by atoms with E-state index in [0.717, 1.165) is 4.47 Å². The van der Waals surface area contributed by atoms with E-state index >= 15 is 0 Å². The number of benzene rings is 1. The van der Waals surface area contributed by atoms with Gasteiger partial charge in [-0.15, -0.1) is 0 Å². The summed E-state index contributed by atoms with van der Waals surface area (Å²) in [6.07, 6.45) is 1.40. The van der Waals surface area contributed by atoms with Gasteiger partial charge in [0.1, 0.15) is 0 Å². The Morgan fingerprint density at radius 2 is 2.36 bits per heavy atom. The van der Waals surface area contributed by atoms with E-state index in [1.165, 1.54) is 13.3 Å². The molecule has 0 bridgehead atoms. The van der Waals surface area contributed by atoms with Crippen molar-refractivity contribution < 1.29 is 9.53 Å². The van der Waals surface area contributed by atoms with Crippen molar-refractivity contribution in [2.75, 3.05) is 7.11 Å². The van der Waals surface area contributed by atoms with Crippen molar-refractivity contribution in [2.45, 2.75) is 0 Å².